The lowest BCUT2D eigenvalue weighted by molar-refractivity contribution is -0.134. The molecule has 0 fully saturated rings. The van der Waals surface area contributed by atoms with Gasteiger partial charge in [-0.1, -0.05) is 38.8 Å². The van der Waals surface area contributed by atoms with Crippen molar-refractivity contribution in [3.8, 4) is 0 Å². The fourth-order valence-corrected chi connectivity index (χ4v) is 3.82. The molecule has 1 atom stereocenters. The molecule has 0 aliphatic rings. The Morgan fingerprint density at radius 2 is 1.87 bits per heavy atom. The molecule has 0 bridgehead atoms. The molecule has 31 heavy (non-hydrogen) atoms. The average molecular weight is 431 g/mol. The molecule has 0 aliphatic heterocycles. The summed E-state index contributed by atoms with van der Waals surface area (Å²) in [6.45, 7) is 8.20. The van der Waals surface area contributed by atoms with E-state index in [4.69, 9.17) is 15.5 Å². The Morgan fingerprint density at radius 1 is 1.16 bits per heavy atom. The quantitative estimate of drug-likeness (QED) is 0.491. The third-order valence-corrected chi connectivity index (χ3v) is 5.51. The number of carbonyl (C=O) groups is 1. The van der Waals surface area contributed by atoms with E-state index in [1.165, 1.54) is 0 Å². The Labute approximate surface area is 185 Å². The second kappa shape index (κ2) is 12.6. The fourth-order valence-electron chi connectivity index (χ4n) is 3.82. The highest BCUT2D eigenvalue weighted by Crippen LogP contribution is 2.23. The minimum atomic E-state index is -0.310. The highest BCUT2D eigenvalue weighted by molar-refractivity contribution is 5.78. The molecule has 1 amide bonds. The maximum absolute atomic E-state index is 13.2. The predicted molar refractivity (Wildman–Crippen MR) is 125 cm³/mol. The van der Waals surface area contributed by atoms with Crippen molar-refractivity contribution < 1.29 is 9.53 Å². The van der Waals surface area contributed by atoms with E-state index in [0.717, 1.165) is 25.7 Å². The summed E-state index contributed by atoms with van der Waals surface area (Å²) in [6.07, 6.45) is 4.46. The summed E-state index contributed by atoms with van der Waals surface area (Å²) in [7, 11) is 1.61. The number of hydrogen-bond donors (Lipinski definition) is 1. The number of hydrogen-bond acceptors (Lipinski definition) is 5. The van der Waals surface area contributed by atoms with E-state index in [-0.39, 0.29) is 23.4 Å². The van der Waals surface area contributed by atoms with Crippen LogP contribution in [0.15, 0.2) is 29.1 Å². The maximum atomic E-state index is 13.2. The van der Waals surface area contributed by atoms with Gasteiger partial charge in [-0.05, 0) is 44.4 Å². The van der Waals surface area contributed by atoms with Crippen LogP contribution in [-0.2, 0) is 16.1 Å². The number of para-hydroxylation sites is 1. The number of nitrogens with two attached hydrogens (primary N) is 1. The number of nitrogens with zero attached hydrogens (tertiary/aromatic N) is 3. The Hall–Kier alpha value is -2.25. The molecule has 7 heteroatoms. The van der Waals surface area contributed by atoms with Crippen molar-refractivity contribution in [1.82, 2.24) is 14.5 Å². The van der Waals surface area contributed by atoms with Crippen molar-refractivity contribution in [1.29, 1.82) is 0 Å². The molecule has 0 saturated carbocycles. The van der Waals surface area contributed by atoms with Crippen molar-refractivity contribution >= 4 is 16.8 Å². The first-order chi connectivity index (χ1) is 14.9. The van der Waals surface area contributed by atoms with E-state index >= 15 is 0 Å². The van der Waals surface area contributed by atoms with Crippen LogP contribution in [0.1, 0.15) is 64.7 Å². The molecule has 7 nitrogen and oxygen atoms in total. The number of benzene rings is 1. The first kappa shape index (κ1) is 25.0. The Bertz CT molecular complexity index is 894. The van der Waals surface area contributed by atoms with Gasteiger partial charge in [0.25, 0.3) is 5.56 Å². The van der Waals surface area contributed by atoms with Gasteiger partial charge in [-0.15, -0.1) is 0 Å². The molecule has 0 unspecified atom stereocenters. The highest BCUT2D eigenvalue weighted by atomic mass is 16.5. The zero-order valence-electron chi connectivity index (χ0n) is 19.5. The van der Waals surface area contributed by atoms with Crippen LogP contribution in [0.4, 0.5) is 0 Å². The van der Waals surface area contributed by atoms with Crippen molar-refractivity contribution in [2.24, 2.45) is 11.7 Å². The molecule has 2 N–H and O–H groups in total. The van der Waals surface area contributed by atoms with Gasteiger partial charge in [0.05, 0.1) is 30.1 Å². The molecule has 2 aromatic rings. The zero-order chi connectivity index (χ0) is 22.8. The van der Waals surface area contributed by atoms with Crippen LogP contribution in [0.25, 0.3) is 10.9 Å². The van der Waals surface area contributed by atoms with Gasteiger partial charge in [0.2, 0.25) is 5.91 Å². The summed E-state index contributed by atoms with van der Waals surface area (Å²) in [5.41, 5.74) is 6.16. The lowest BCUT2D eigenvalue weighted by Crippen LogP contribution is -2.39. The van der Waals surface area contributed by atoms with Gasteiger partial charge in [-0.2, -0.15) is 0 Å². The van der Waals surface area contributed by atoms with Crippen LogP contribution in [0.3, 0.4) is 0 Å². The third-order valence-electron chi connectivity index (χ3n) is 5.51. The van der Waals surface area contributed by atoms with Crippen LogP contribution in [0.2, 0.25) is 0 Å². The smallest absolute Gasteiger partial charge is 0.261 e. The standard InChI is InChI=1S/C24H38N4O3/c1-18(2)17-22(29)27(14-10-6-5-9-13-25)19(3)23-26-21-12-8-7-11-20(21)24(30)28(23)15-16-31-4/h7-8,11-12,18-19H,5-6,9-10,13-17,25H2,1-4H3/t19-/m0/s1. The predicted octanol–water partition coefficient (Wildman–Crippen LogP) is 3.50. The molecule has 172 valence electrons. The third kappa shape index (κ3) is 6.87. The van der Waals surface area contributed by atoms with E-state index in [0.29, 0.717) is 49.4 Å². The minimum Gasteiger partial charge on any atom is -0.383 e. The molecular formula is C24H38N4O3. The SMILES string of the molecule is COCCn1c([C@H](C)N(CCCCCCN)C(=O)CC(C)C)nc2ccccc2c1=O. The number of methoxy groups -OCH3 is 1. The zero-order valence-corrected chi connectivity index (χ0v) is 19.5. The number of fused-ring (bicyclic) bond motifs is 1. The van der Waals surface area contributed by atoms with Gasteiger partial charge in [0, 0.05) is 20.1 Å². The van der Waals surface area contributed by atoms with Crippen LogP contribution >= 0.6 is 0 Å². The van der Waals surface area contributed by atoms with Gasteiger partial charge in [-0.25, -0.2) is 4.98 Å². The lowest BCUT2D eigenvalue weighted by Gasteiger charge is -2.31. The van der Waals surface area contributed by atoms with Gasteiger partial charge in [-0.3, -0.25) is 14.2 Å². The van der Waals surface area contributed by atoms with Crippen LogP contribution < -0.4 is 11.3 Å². The molecule has 1 heterocycles. The number of ether oxygens (including phenoxy) is 1. The number of unbranched alkanes of at least 4 members (excludes halogenated alkanes) is 3. The molecule has 1 aromatic heterocycles. The number of aromatic nitrogens is 2. The Balaban J connectivity index is 2.41. The lowest BCUT2D eigenvalue weighted by atomic mass is 10.1. The van der Waals surface area contributed by atoms with E-state index in [9.17, 15) is 9.59 Å². The second-order valence-corrected chi connectivity index (χ2v) is 8.50. The largest absolute Gasteiger partial charge is 0.383 e. The van der Waals surface area contributed by atoms with Crippen LogP contribution in [0.5, 0.6) is 0 Å². The second-order valence-electron chi connectivity index (χ2n) is 8.50. The van der Waals surface area contributed by atoms with Crippen molar-refractivity contribution in [2.75, 3.05) is 26.8 Å². The summed E-state index contributed by atoms with van der Waals surface area (Å²) in [5, 5.41) is 0.580. The minimum absolute atomic E-state index is 0.0938. The molecule has 1 aromatic carbocycles. The summed E-state index contributed by atoms with van der Waals surface area (Å²) >= 11 is 0. The van der Waals surface area contributed by atoms with Crippen LogP contribution in [-0.4, -0.2) is 47.2 Å². The van der Waals surface area contributed by atoms with E-state index in [2.05, 4.69) is 0 Å². The molecule has 0 saturated heterocycles. The van der Waals surface area contributed by atoms with Gasteiger partial charge < -0.3 is 15.4 Å². The molecule has 0 spiro atoms. The summed E-state index contributed by atoms with van der Waals surface area (Å²) < 4.78 is 6.90. The maximum Gasteiger partial charge on any atom is 0.261 e. The topological polar surface area (TPSA) is 90.4 Å². The molecule has 0 aliphatic carbocycles. The summed E-state index contributed by atoms with van der Waals surface area (Å²) in [6, 6.07) is 7.05. The number of rotatable bonds is 13. The normalized spacial score (nSPS) is 12.5. The number of amides is 1. The molecule has 0 radical (unpaired) electrons. The fraction of sp³-hybridized carbons (Fsp3) is 0.625. The van der Waals surface area contributed by atoms with Crippen molar-refractivity contribution in [2.45, 2.75) is 65.5 Å². The first-order valence-electron chi connectivity index (χ1n) is 11.4. The van der Waals surface area contributed by atoms with E-state index < -0.39 is 0 Å². The van der Waals surface area contributed by atoms with Crippen LogP contribution in [0, 0.1) is 5.92 Å². The highest BCUT2D eigenvalue weighted by Gasteiger charge is 2.26. The van der Waals surface area contributed by atoms with E-state index in [1.807, 2.05) is 43.9 Å². The van der Waals surface area contributed by atoms with Crippen molar-refractivity contribution in [3.05, 3.63) is 40.4 Å². The Morgan fingerprint density at radius 3 is 2.55 bits per heavy atom. The Kier molecular flexibility index (Phi) is 10.1. The molecular weight excluding hydrogens is 392 g/mol. The van der Waals surface area contributed by atoms with Crippen molar-refractivity contribution in [3.63, 3.8) is 0 Å². The van der Waals surface area contributed by atoms with E-state index in [1.54, 1.807) is 17.7 Å². The average Bonchev–Trinajstić information content (AvgIpc) is 2.74. The number of carbonyl (C=O) groups excluding carboxylic acids is 1. The van der Waals surface area contributed by atoms with Gasteiger partial charge in [0.15, 0.2) is 0 Å². The summed E-state index contributed by atoms with van der Waals surface area (Å²) in [5.74, 6) is 0.974. The molecule has 2 rings (SSSR count). The van der Waals surface area contributed by atoms with Gasteiger partial charge >= 0.3 is 0 Å². The monoisotopic (exact) mass is 430 g/mol. The first-order valence-corrected chi connectivity index (χ1v) is 11.4. The van der Waals surface area contributed by atoms with Gasteiger partial charge in [0.1, 0.15) is 5.82 Å². The summed E-state index contributed by atoms with van der Waals surface area (Å²) in [4.78, 5) is 33.1.